The first-order chi connectivity index (χ1) is 9.67. The highest BCUT2D eigenvalue weighted by atomic mass is 16.5. The molecule has 0 radical (unpaired) electrons. The predicted octanol–water partition coefficient (Wildman–Crippen LogP) is 0.516. The molecule has 0 saturated heterocycles. The Morgan fingerprint density at radius 3 is 2.60 bits per heavy atom. The molecule has 6 heteroatoms. The highest BCUT2D eigenvalue weighted by Crippen LogP contribution is 2.09. The third-order valence-electron chi connectivity index (χ3n) is 2.33. The minimum atomic E-state index is -0.262. The Balaban J connectivity index is 2.47. The first-order valence-corrected chi connectivity index (χ1v) is 6.24. The van der Waals surface area contributed by atoms with Gasteiger partial charge in [0.2, 0.25) is 5.91 Å². The van der Waals surface area contributed by atoms with Gasteiger partial charge in [-0.3, -0.25) is 9.59 Å². The molecule has 0 aliphatic heterocycles. The van der Waals surface area contributed by atoms with E-state index >= 15 is 0 Å². The molecule has 0 atom stereocenters. The zero-order valence-electron chi connectivity index (χ0n) is 11.2. The maximum atomic E-state index is 11.6. The number of anilines is 1. The van der Waals surface area contributed by atoms with Crippen molar-refractivity contribution in [1.82, 2.24) is 5.32 Å². The number of carbonyl (C=O) groups is 2. The summed E-state index contributed by atoms with van der Waals surface area (Å²) in [4.78, 5) is 23.1. The predicted molar refractivity (Wildman–Crippen MR) is 77.5 cm³/mol. The molecule has 0 unspecified atom stereocenters. The van der Waals surface area contributed by atoms with Gasteiger partial charge in [0.25, 0.3) is 5.91 Å². The van der Waals surface area contributed by atoms with Gasteiger partial charge >= 0.3 is 0 Å². The van der Waals surface area contributed by atoms with E-state index in [2.05, 4.69) is 17.2 Å². The van der Waals surface area contributed by atoms with E-state index in [0.717, 1.165) is 0 Å². The maximum Gasteiger partial charge on any atom is 0.251 e. The highest BCUT2D eigenvalue weighted by molar-refractivity contribution is 5.96. The molecule has 108 valence electrons. The minimum Gasteiger partial charge on any atom is -0.370 e. The fourth-order valence-electron chi connectivity index (χ4n) is 1.42. The zero-order valence-corrected chi connectivity index (χ0v) is 11.2. The lowest BCUT2D eigenvalue weighted by atomic mass is 10.2. The van der Waals surface area contributed by atoms with Crippen LogP contribution in [-0.4, -0.2) is 38.1 Å². The van der Waals surface area contributed by atoms with Gasteiger partial charge < -0.3 is 21.1 Å². The molecule has 0 saturated carbocycles. The van der Waals surface area contributed by atoms with Crippen molar-refractivity contribution < 1.29 is 14.3 Å². The number of benzene rings is 1. The lowest BCUT2D eigenvalue weighted by Crippen LogP contribution is -2.23. The summed E-state index contributed by atoms with van der Waals surface area (Å²) in [6.45, 7) is 4.61. The van der Waals surface area contributed by atoms with E-state index in [0.29, 0.717) is 30.9 Å². The molecule has 0 aliphatic carbocycles. The van der Waals surface area contributed by atoms with Gasteiger partial charge in [-0.1, -0.05) is 6.08 Å². The fourth-order valence-corrected chi connectivity index (χ4v) is 1.42. The summed E-state index contributed by atoms with van der Waals surface area (Å²) in [5.41, 5.74) is 6.37. The second-order valence-electron chi connectivity index (χ2n) is 3.97. The highest BCUT2D eigenvalue weighted by Gasteiger charge is 2.05. The van der Waals surface area contributed by atoms with Crippen LogP contribution >= 0.6 is 0 Å². The van der Waals surface area contributed by atoms with Gasteiger partial charge in [-0.25, -0.2) is 0 Å². The van der Waals surface area contributed by atoms with Crippen LogP contribution in [0.5, 0.6) is 0 Å². The molecule has 6 nitrogen and oxygen atoms in total. The van der Waals surface area contributed by atoms with Gasteiger partial charge in [0.05, 0.1) is 6.61 Å². The van der Waals surface area contributed by atoms with Crippen LogP contribution in [0.1, 0.15) is 10.4 Å². The number of nitrogens with one attached hydrogen (secondary N) is 2. The van der Waals surface area contributed by atoms with Crippen molar-refractivity contribution in [2.24, 2.45) is 5.73 Å². The van der Waals surface area contributed by atoms with Gasteiger partial charge in [-0.15, -0.1) is 6.58 Å². The molecule has 20 heavy (non-hydrogen) atoms. The van der Waals surface area contributed by atoms with Crippen LogP contribution in [0.25, 0.3) is 0 Å². The van der Waals surface area contributed by atoms with Crippen molar-refractivity contribution in [1.29, 1.82) is 0 Å². The monoisotopic (exact) mass is 277 g/mol. The van der Waals surface area contributed by atoms with Gasteiger partial charge in [-0.05, 0) is 24.3 Å². The van der Waals surface area contributed by atoms with Crippen molar-refractivity contribution >= 4 is 17.5 Å². The van der Waals surface area contributed by atoms with Crippen molar-refractivity contribution in [3.05, 3.63) is 42.5 Å². The first-order valence-electron chi connectivity index (χ1n) is 6.24. The van der Waals surface area contributed by atoms with Crippen LogP contribution in [0.2, 0.25) is 0 Å². The van der Waals surface area contributed by atoms with Crippen molar-refractivity contribution in [3.8, 4) is 0 Å². The molecule has 0 aromatic heterocycles. The first kappa shape index (κ1) is 15.9. The Labute approximate surface area is 118 Å². The zero-order chi connectivity index (χ0) is 14.8. The molecule has 0 spiro atoms. The molecular formula is C14H19N3O3. The number of rotatable bonds is 8. The minimum absolute atomic E-state index is 0.0429. The van der Waals surface area contributed by atoms with Gasteiger partial charge in [0.15, 0.2) is 0 Å². The molecule has 4 N–H and O–H groups in total. The number of hydrogen-bond donors (Lipinski definition) is 3. The van der Waals surface area contributed by atoms with E-state index < -0.39 is 0 Å². The second-order valence-corrected chi connectivity index (χ2v) is 3.97. The average molecular weight is 277 g/mol. The summed E-state index contributed by atoms with van der Waals surface area (Å²) in [6.07, 6.45) is 1.60. The normalized spacial score (nSPS) is 9.85. The summed E-state index contributed by atoms with van der Waals surface area (Å²) in [6, 6.07) is 6.58. The number of hydrogen-bond acceptors (Lipinski definition) is 4. The van der Waals surface area contributed by atoms with Crippen LogP contribution < -0.4 is 16.4 Å². The molecule has 1 aromatic carbocycles. The molecule has 2 amide bonds. The van der Waals surface area contributed by atoms with Crippen LogP contribution in [-0.2, 0) is 9.53 Å². The molecule has 0 heterocycles. The van der Waals surface area contributed by atoms with E-state index in [1.165, 1.54) is 0 Å². The van der Waals surface area contributed by atoms with Gasteiger partial charge in [0.1, 0.15) is 6.61 Å². The quantitative estimate of drug-likeness (QED) is 0.477. The van der Waals surface area contributed by atoms with Gasteiger partial charge in [0, 0.05) is 24.3 Å². The Hall–Kier alpha value is -2.18. The second kappa shape index (κ2) is 8.84. The third kappa shape index (κ3) is 5.64. The summed E-state index contributed by atoms with van der Waals surface area (Å²) in [7, 11) is 0. The SMILES string of the molecule is C=CCNC(=O)c1ccc(NC(=O)COCCN)cc1. The smallest absolute Gasteiger partial charge is 0.251 e. The van der Waals surface area contributed by atoms with Gasteiger partial charge in [-0.2, -0.15) is 0 Å². The third-order valence-corrected chi connectivity index (χ3v) is 2.33. The summed E-state index contributed by atoms with van der Waals surface area (Å²) in [5, 5.41) is 5.32. The summed E-state index contributed by atoms with van der Waals surface area (Å²) < 4.78 is 5.01. The Kier molecular flexibility index (Phi) is 7.02. The Morgan fingerprint density at radius 2 is 2.00 bits per heavy atom. The number of amides is 2. The fraction of sp³-hybridized carbons (Fsp3) is 0.286. The lowest BCUT2D eigenvalue weighted by molar-refractivity contribution is -0.120. The average Bonchev–Trinajstić information content (AvgIpc) is 2.46. The Morgan fingerprint density at radius 1 is 1.30 bits per heavy atom. The number of nitrogens with two attached hydrogens (primary N) is 1. The largest absolute Gasteiger partial charge is 0.370 e. The molecule has 1 rings (SSSR count). The number of ether oxygens (including phenoxy) is 1. The van der Waals surface area contributed by atoms with Crippen LogP contribution in [0, 0.1) is 0 Å². The van der Waals surface area contributed by atoms with Crippen molar-refractivity contribution in [2.45, 2.75) is 0 Å². The lowest BCUT2D eigenvalue weighted by Gasteiger charge is -2.07. The molecule has 0 aliphatic rings. The Bertz CT molecular complexity index is 457. The topological polar surface area (TPSA) is 93.5 Å². The molecule has 0 bridgehead atoms. The van der Waals surface area contributed by atoms with Crippen molar-refractivity contribution in [3.63, 3.8) is 0 Å². The van der Waals surface area contributed by atoms with E-state index in [1.807, 2.05) is 0 Å². The summed E-state index contributed by atoms with van der Waals surface area (Å²) in [5.74, 6) is -0.448. The number of carbonyl (C=O) groups excluding carboxylic acids is 2. The molecular weight excluding hydrogens is 258 g/mol. The van der Waals surface area contributed by atoms with Crippen LogP contribution in [0.4, 0.5) is 5.69 Å². The van der Waals surface area contributed by atoms with E-state index in [9.17, 15) is 9.59 Å². The summed E-state index contributed by atoms with van der Waals surface area (Å²) >= 11 is 0. The van der Waals surface area contributed by atoms with E-state index in [1.54, 1.807) is 30.3 Å². The standard InChI is InChI=1S/C14H19N3O3/c1-2-8-16-14(19)11-3-5-12(6-4-11)17-13(18)10-20-9-7-15/h2-6H,1,7-10,15H2,(H,16,19)(H,17,18). The van der Waals surface area contributed by atoms with Crippen molar-refractivity contribution in [2.75, 3.05) is 31.6 Å². The molecule has 0 fully saturated rings. The molecule has 1 aromatic rings. The van der Waals surface area contributed by atoms with Crippen LogP contribution in [0.3, 0.4) is 0 Å². The van der Waals surface area contributed by atoms with E-state index in [-0.39, 0.29) is 18.4 Å². The maximum absolute atomic E-state index is 11.6. The van der Waals surface area contributed by atoms with Crippen LogP contribution in [0.15, 0.2) is 36.9 Å². The van der Waals surface area contributed by atoms with E-state index in [4.69, 9.17) is 10.5 Å².